The van der Waals surface area contributed by atoms with Crippen LogP contribution in [0.5, 0.6) is 0 Å². The summed E-state index contributed by atoms with van der Waals surface area (Å²) in [6.07, 6.45) is 1.82. The molecule has 1 saturated heterocycles. The summed E-state index contributed by atoms with van der Waals surface area (Å²) >= 11 is 5.96. The van der Waals surface area contributed by atoms with Crippen molar-refractivity contribution in [2.24, 2.45) is 10.7 Å². The van der Waals surface area contributed by atoms with Gasteiger partial charge in [-0.15, -0.1) is 0 Å². The second-order valence-electron chi connectivity index (χ2n) is 5.11. The number of guanidine groups is 1. The van der Waals surface area contributed by atoms with Crippen LogP contribution in [0.15, 0.2) is 53.7 Å². The van der Waals surface area contributed by atoms with Crippen LogP contribution in [0.1, 0.15) is 0 Å². The fraction of sp³-hybridized carbons (Fsp3) is 0.250. The molecule has 0 spiro atoms. The molecule has 0 saturated carbocycles. The molecule has 1 aromatic heterocycles. The Bertz CT molecular complexity index is 651. The molecule has 0 unspecified atom stereocenters. The number of rotatable bonds is 2. The van der Waals surface area contributed by atoms with E-state index in [2.05, 4.69) is 19.8 Å². The molecule has 0 atom stereocenters. The van der Waals surface area contributed by atoms with Gasteiger partial charge in [0.1, 0.15) is 5.82 Å². The van der Waals surface area contributed by atoms with Gasteiger partial charge in [-0.25, -0.2) is 9.98 Å². The number of piperazine rings is 1. The maximum atomic E-state index is 6.11. The second kappa shape index (κ2) is 6.66. The highest BCUT2D eigenvalue weighted by atomic mass is 35.5. The monoisotopic (exact) mass is 315 g/mol. The Morgan fingerprint density at radius 1 is 1.09 bits per heavy atom. The highest BCUT2D eigenvalue weighted by Crippen LogP contribution is 2.18. The van der Waals surface area contributed by atoms with Crippen LogP contribution < -0.4 is 10.6 Å². The van der Waals surface area contributed by atoms with E-state index in [1.807, 2.05) is 42.6 Å². The SMILES string of the molecule is NC(=Nc1cccc(Cl)c1)N1CCN(c2ccccn2)CC1. The van der Waals surface area contributed by atoms with Crippen molar-refractivity contribution in [1.29, 1.82) is 0 Å². The Labute approximate surface area is 135 Å². The van der Waals surface area contributed by atoms with Crippen molar-refractivity contribution in [3.05, 3.63) is 53.7 Å². The molecule has 0 amide bonds. The number of nitrogens with zero attached hydrogens (tertiary/aromatic N) is 4. The predicted octanol–water partition coefficient (Wildman–Crippen LogP) is 2.50. The maximum Gasteiger partial charge on any atom is 0.196 e. The molecule has 2 heterocycles. The van der Waals surface area contributed by atoms with Gasteiger partial charge in [0.15, 0.2) is 5.96 Å². The quantitative estimate of drug-likeness (QED) is 0.683. The van der Waals surface area contributed by atoms with Gasteiger partial charge in [0, 0.05) is 37.4 Å². The first-order chi connectivity index (χ1) is 10.7. The number of nitrogens with two attached hydrogens (primary N) is 1. The van der Waals surface area contributed by atoms with Crippen LogP contribution >= 0.6 is 11.6 Å². The van der Waals surface area contributed by atoms with Crippen LogP contribution in [0.4, 0.5) is 11.5 Å². The van der Waals surface area contributed by atoms with E-state index >= 15 is 0 Å². The Balaban J connectivity index is 1.63. The molecule has 22 heavy (non-hydrogen) atoms. The summed E-state index contributed by atoms with van der Waals surface area (Å²) < 4.78 is 0. The molecular formula is C16H18ClN5. The first kappa shape index (κ1) is 14.7. The van der Waals surface area contributed by atoms with Crippen molar-refractivity contribution in [2.45, 2.75) is 0 Å². The van der Waals surface area contributed by atoms with E-state index in [0.29, 0.717) is 11.0 Å². The van der Waals surface area contributed by atoms with Crippen LogP contribution in [0.25, 0.3) is 0 Å². The van der Waals surface area contributed by atoms with Gasteiger partial charge in [-0.2, -0.15) is 0 Å². The van der Waals surface area contributed by atoms with E-state index in [-0.39, 0.29) is 0 Å². The third kappa shape index (κ3) is 3.49. The van der Waals surface area contributed by atoms with E-state index in [1.54, 1.807) is 6.07 Å². The van der Waals surface area contributed by atoms with Crippen LogP contribution in [0.2, 0.25) is 5.02 Å². The summed E-state index contributed by atoms with van der Waals surface area (Å²) in [6, 6.07) is 13.3. The van der Waals surface area contributed by atoms with Gasteiger partial charge in [0.25, 0.3) is 0 Å². The molecular weight excluding hydrogens is 298 g/mol. The van der Waals surface area contributed by atoms with Gasteiger partial charge in [-0.1, -0.05) is 23.7 Å². The van der Waals surface area contributed by atoms with Gasteiger partial charge in [-0.3, -0.25) is 0 Å². The summed E-state index contributed by atoms with van der Waals surface area (Å²) in [4.78, 5) is 13.2. The number of anilines is 1. The Morgan fingerprint density at radius 3 is 2.59 bits per heavy atom. The summed E-state index contributed by atoms with van der Waals surface area (Å²) in [7, 11) is 0. The first-order valence-corrected chi connectivity index (χ1v) is 7.61. The zero-order chi connectivity index (χ0) is 15.4. The van der Waals surface area contributed by atoms with E-state index in [4.69, 9.17) is 17.3 Å². The van der Waals surface area contributed by atoms with E-state index in [1.165, 1.54) is 0 Å². The molecule has 1 fully saturated rings. The highest BCUT2D eigenvalue weighted by Gasteiger charge is 2.19. The van der Waals surface area contributed by atoms with Crippen molar-refractivity contribution in [1.82, 2.24) is 9.88 Å². The third-order valence-electron chi connectivity index (χ3n) is 3.63. The zero-order valence-corrected chi connectivity index (χ0v) is 12.9. The average Bonchev–Trinajstić information content (AvgIpc) is 2.56. The molecule has 1 aliphatic rings. The van der Waals surface area contributed by atoms with Gasteiger partial charge < -0.3 is 15.5 Å². The molecule has 0 aliphatic carbocycles. The van der Waals surface area contributed by atoms with Crippen molar-refractivity contribution in [3.8, 4) is 0 Å². The first-order valence-electron chi connectivity index (χ1n) is 7.23. The fourth-order valence-corrected chi connectivity index (χ4v) is 2.64. The lowest BCUT2D eigenvalue weighted by atomic mass is 10.3. The molecule has 2 N–H and O–H groups in total. The van der Waals surface area contributed by atoms with Crippen LogP contribution in [-0.4, -0.2) is 42.0 Å². The average molecular weight is 316 g/mol. The number of hydrogen-bond acceptors (Lipinski definition) is 3. The van der Waals surface area contributed by atoms with Gasteiger partial charge >= 0.3 is 0 Å². The van der Waals surface area contributed by atoms with Gasteiger partial charge in [0.2, 0.25) is 0 Å². The van der Waals surface area contributed by atoms with Crippen LogP contribution in [0.3, 0.4) is 0 Å². The highest BCUT2D eigenvalue weighted by molar-refractivity contribution is 6.30. The van der Waals surface area contributed by atoms with Crippen molar-refractivity contribution < 1.29 is 0 Å². The van der Waals surface area contributed by atoms with E-state index in [9.17, 15) is 0 Å². The number of aromatic nitrogens is 1. The third-order valence-corrected chi connectivity index (χ3v) is 3.86. The summed E-state index contributed by atoms with van der Waals surface area (Å²) in [5.74, 6) is 1.54. The molecule has 1 aliphatic heterocycles. The van der Waals surface area contributed by atoms with E-state index < -0.39 is 0 Å². The normalized spacial score (nSPS) is 16.0. The van der Waals surface area contributed by atoms with Crippen molar-refractivity contribution >= 4 is 29.1 Å². The lowest BCUT2D eigenvalue weighted by Gasteiger charge is -2.35. The largest absolute Gasteiger partial charge is 0.369 e. The van der Waals surface area contributed by atoms with Crippen molar-refractivity contribution in [2.75, 3.05) is 31.1 Å². The summed E-state index contributed by atoms with van der Waals surface area (Å²) in [5.41, 5.74) is 6.89. The fourth-order valence-electron chi connectivity index (χ4n) is 2.45. The lowest BCUT2D eigenvalue weighted by molar-refractivity contribution is 0.381. The molecule has 3 rings (SSSR count). The minimum absolute atomic E-state index is 0.530. The molecule has 114 valence electrons. The minimum Gasteiger partial charge on any atom is -0.369 e. The predicted molar refractivity (Wildman–Crippen MR) is 90.8 cm³/mol. The molecule has 1 aromatic carbocycles. The van der Waals surface area contributed by atoms with Crippen molar-refractivity contribution in [3.63, 3.8) is 0 Å². The Hall–Kier alpha value is -2.27. The molecule has 0 radical (unpaired) electrons. The molecule has 5 nitrogen and oxygen atoms in total. The summed E-state index contributed by atoms with van der Waals surface area (Å²) in [5, 5.41) is 0.661. The molecule has 2 aromatic rings. The molecule has 6 heteroatoms. The number of hydrogen-bond donors (Lipinski definition) is 1. The van der Waals surface area contributed by atoms with Crippen LogP contribution in [0, 0.1) is 0 Å². The number of aliphatic imine (C=N–C) groups is 1. The van der Waals surface area contributed by atoms with Gasteiger partial charge in [-0.05, 0) is 30.3 Å². The minimum atomic E-state index is 0.530. The topological polar surface area (TPSA) is 57.8 Å². The van der Waals surface area contributed by atoms with Crippen LogP contribution in [-0.2, 0) is 0 Å². The smallest absolute Gasteiger partial charge is 0.196 e. The lowest BCUT2D eigenvalue weighted by Crippen LogP contribution is -2.51. The Morgan fingerprint density at radius 2 is 1.91 bits per heavy atom. The van der Waals surface area contributed by atoms with E-state index in [0.717, 1.165) is 37.7 Å². The second-order valence-corrected chi connectivity index (χ2v) is 5.55. The summed E-state index contributed by atoms with van der Waals surface area (Å²) in [6.45, 7) is 3.41. The number of pyridine rings is 1. The molecule has 0 bridgehead atoms. The zero-order valence-electron chi connectivity index (χ0n) is 12.2. The van der Waals surface area contributed by atoms with Gasteiger partial charge in [0.05, 0.1) is 5.69 Å². The number of halogens is 1. The maximum absolute atomic E-state index is 6.11. The standard InChI is InChI=1S/C16H18ClN5/c17-13-4-3-5-14(12-13)20-16(18)22-10-8-21(9-11-22)15-6-1-2-7-19-15/h1-7,12H,8-11H2,(H2,18,20). The Kier molecular flexibility index (Phi) is 4.44. The number of benzene rings is 1.